The third-order valence-corrected chi connectivity index (χ3v) is 5.89. The molecule has 36 heavy (non-hydrogen) atoms. The van der Waals surface area contributed by atoms with Gasteiger partial charge in [0, 0.05) is 10.6 Å². The molecule has 0 saturated carbocycles. The van der Waals surface area contributed by atoms with Crippen molar-refractivity contribution in [2.45, 2.75) is 19.9 Å². The molecule has 8 nitrogen and oxygen atoms in total. The van der Waals surface area contributed by atoms with Gasteiger partial charge in [-0.25, -0.2) is 0 Å². The summed E-state index contributed by atoms with van der Waals surface area (Å²) in [5.41, 5.74) is 0.407. The molecule has 3 N–H and O–H groups in total. The van der Waals surface area contributed by atoms with E-state index in [0.29, 0.717) is 17.9 Å². The summed E-state index contributed by atoms with van der Waals surface area (Å²) in [4.78, 5) is 27.7. The van der Waals surface area contributed by atoms with E-state index in [1.54, 1.807) is 31.2 Å². The van der Waals surface area contributed by atoms with Crippen LogP contribution in [0.4, 0.5) is 5.69 Å². The zero-order chi connectivity index (χ0) is 26.0. The molecule has 1 unspecified atom stereocenters. The maximum absolute atomic E-state index is 13.3. The topological polar surface area (TPSA) is 117 Å². The first-order valence-electron chi connectivity index (χ1n) is 11.2. The number of Topliss-reactive ketones (excluding diaryl/α,β-unsaturated/α-hetero) is 1. The van der Waals surface area contributed by atoms with Gasteiger partial charge < -0.3 is 24.8 Å². The number of hydrogen-bond donors (Lipinski definition) is 3. The number of anilines is 1. The van der Waals surface area contributed by atoms with Gasteiger partial charge in [-0.05, 0) is 61.9 Å². The van der Waals surface area contributed by atoms with E-state index in [1.165, 1.54) is 36.4 Å². The molecule has 4 rings (SSSR count). The average Bonchev–Trinajstić information content (AvgIpc) is 3.12. The van der Waals surface area contributed by atoms with Gasteiger partial charge in [0.2, 0.25) is 0 Å². The summed E-state index contributed by atoms with van der Waals surface area (Å²) in [6.07, 6.45) is 0. The van der Waals surface area contributed by atoms with Gasteiger partial charge in [0.1, 0.15) is 17.3 Å². The van der Waals surface area contributed by atoms with E-state index in [0.717, 1.165) is 4.90 Å². The number of aliphatic hydroxyl groups is 1. The van der Waals surface area contributed by atoms with Crippen molar-refractivity contribution in [3.05, 3.63) is 82.4 Å². The Bertz CT molecular complexity index is 1370. The second-order valence-corrected chi connectivity index (χ2v) is 8.36. The molecule has 1 heterocycles. The summed E-state index contributed by atoms with van der Waals surface area (Å²) < 4.78 is 11.0. The van der Waals surface area contributed by atoms with E-state index in [2.05, 4.69) is 0 Å². The SMILES string of the molecule is CCOc1cccc(/C(O)=C2\C(=O)C(=O)N(c3cc(Cl)ccc3O)C2c2ccc(O)c(OCC)c2)c1. The number of ketones is 1. The van der Waals surface area contributed by atoms with Crippen molar-refractivity contribution in [3.63, 3.8) is 0 Å². The number of benzene rings is 3. The number of carbonyl (C=O) groups is 2. The van der Waals surface area contributed by atoms with Crippen molar-refractivity contribution in [3.8, 4) is 23.0 Å². The number of hydrogen-bond acceptors (Lipinski definition) is 7. The van der Waals surface area contributed by atoms with Crippen molar-refractivity contribution in [1.82, 2.24) is 0 Å². The molecule has 3 aromatic carbocycles. The van der Waals surface area contributed by atoms with E-state index < -0.39 is 23.5 Å². The first-order valence-corrected chi connectivity index (χ1v) is 11.6. The van der Waals surface area contributed by atoms with Crippen molar-refractivity contribution >= 4 is 34.7 Å². The van der Waals surface area contributed by atoms with Gasteiger partial charge in [-0.3, -0.25) is 14.5 Å². The minimum atomic E-state index is -1.16. The number of aliphatic hydroxyl groups excluding tert-OH is 1. The van der Waals surface area contributed by atoms with Crippen LogP contribution in [0.15, 0.2) is 66.2 Å². The molecule has 9 heteroatoms. The number of nitrogens with zero attached hydrogens (tertiary/aromatic N) is 1. The fraction of sp³-hybridized carbons (Fsp3) is 0.185. The van der Waals surface area contributed by atoms with Gasteiger partial charge in [-0.1, -0.05) is 29.8 Å². The standard InChI is InChI=1S/C27H24ClNO7/c1-3-35-18-7-5-6-16(12-18)25(32)23-24(15-8-10-21(31)22(13-15)36-4-2)29(27(34)26(23)33)19-14-17(28)9-11-20(19)30/h5-14,24,30-32H,3-4H2,1-2H3/b25-23+. The van der Waals surface area contributed by atoms with Crippen LogP contribution in [0, 0.1) is 0 Å². The maximum atomic E-state index is 13.3. The van der Waals surface area contributed by atoms with Crippen molar-refractivity contribution in [1.29, 1.82) is 0 Å². The number of ether oxygens (including phenoxy) is 2. The molecule has 0 aromatic heterocycles. The normalized spacial score (nSPS) is 16.9. The van der Waals surface area contributed by atoms with Crippen LogP contribution in [-0.2, 0) is 9.59 Å². The zero-order valence-corrected chi connectivity index (χ0v) is 20.3. The predicted octanol–water partition coefficient (Wildman–Crippen LogP) is 5.17. The van der Waals surface area contributed by atoms with Gasteiger partial charge in [-0.2, -0.15) is 0 Å². The molecule has 1 saturated heterocycles. The van der Waals surface area contributed by atoms with Gasteiger partial charge in [0.15, 0.2) is 11.5 Å². The molecule has 186 valence electrons. The molecule has 1 aliphatic heterocycles. The first-order chi connectivity index (χ1) is 17.3. The first kappa shape index (κ1) is 24.9. The van der Waals surface area contributed by atoms with Gasteiger partial charge in [-0.15, -0.1) is 0 Å². The highest BCUT2D eigenvalue weighted by Gasteiger charge is 2.48. The summed E-state index contributed by atoms with van der Waals surface area (Å²) in [5.74, 6) is -2.15. The minimum Gasteiger partial charge on any atom is -0.507 e. The molecule has 0 aliphatic carbocycles. The quantitative estimate of drug-likeness (QED) is 0.228. The summed E-state index contributed by atoms with van der Waals surface area (Å²) >= 11 is 6.14. The summed E-state index contributed by atoms with van der Waals surface area (Å²) in [5, 5.41) is 32.3. The predicted molar refractivity (Wildman–Crippen MR) is 135 cm³/mol. The molecule has 0 spiro atoms. The lowest BCUT2D eigenvalue weighted by Crippen LogP contribution is -2.29. The number of amides is 1. The number of carbonyl (C=O) groups excluding carboxylic acids is 2. The smallest absolute Gasteiger partial charge is 0.300 e. The Morgan fingerprint density at radius 1 is 0.944 bits per heavy atom. The lowest BCUT2D eigenvalue weighted by molar-refractivity contribution is -0.132. The van der Waals surface area contributed by atoms with E-state index >= 15 is 0 Å². The zero-order valence-electron chi connectivity index (χ0n) is 19.6. The monoisotopic (exact) mass is 509 g/mol. The molecule has 1 aliphatic rings. The fourth-order valence-corrected chi connectivity index (χ4v) is 4.28. The third-order valence-electron chi connectivity index (χ3n) is 5.66. The van der Waals surface area contributed by atoms with E-state index in [-0.39, 0.29) is 45.7 Å². The maximum Gasteiger partial charge on any atom is 0.300 e. The lowest BCUT2D eigenvalue weighted by atomic mass is 9.94. The van der Waals surface area contributed by atoms with Crippen molar-refractivity contribution in [2.75, 3.05) is 18.1 Å². The van der Waals surface area contributed by atoms with Gasteiger partial charge >= 0.3 is 0 Å². The molecular formula is C27H24ClNO7. The number of phenolic OH excluding ortho intramolecular Hbond substituents is 2. The Morgan fingerprint density at radius 3 is 2.39 bits per heavy atom. The van der Waals surface area contributed by atoms with Crippen LogP contribution in [0.5, 0.6) is 23.0 Å². The largest absolute Gasteiger partial charge is 0.507 e. The van der Waals surface area contributed by atoms with Crippen LogP contribution in [0.1, 0.15) is 31.0 Å². The Kier molecular flexibility index (Phi) is 7.07. The summed E-state index contributed by atoms with van der Waals surface area (Å²) in [6, 6.07) is 13.8. The van der Waals surface area contributed by atoms with E-state index in [1.807, 2.05) is 6.92 Å². The molecule has 0 bridgehead atoms. The number of phenols is 2. The molecule has 3 aromatic rings. The fourth-order valence-electron chi connectivity index (χ4n) is 4.11. The number of aromatic hydroxyl groups is 2. The molecule has 1 fully saturated rings. The Morgan fingerprint density at radius 2 is 1.67 bits per heavy atom. The van der Waals surface area contributed by atoms with E-state index in [4.69, 9.17) is 21.1 Å². The summed E-state index contributed by atoms with van der Waals surface area (Å²) in [7, 11) is 0. The molecule has 0 radical (unpaired) electrons. The van der Waals surface area contributed by atoms with Crippen LogP contribution in [-0.4, -0.2) is 40.2 Å². The van der Waals surface area contributed by atoms with Crippen LogP contribution in [0.3, 0.4) is 0 Å². The Labute approximate surface area is 212 Å². The highest BCUT2D eigenvalue weighted by Crippen LogP contribution is 2.46. The van der Waals surface area contributed by atoms with Gasteiger partial charge in [0.25, 0.3) is 11.7 Å². The highest BCUT2D eigenvalue weighted by atomic mass is 35.5. The van der Waals surface area contributed by atoms with Crippen molar-refractivity contribution in [2.24, 2.45) is 0 Å². The molecular weight excluding hydrogens is 486 g/mol. The van der Waals surface area contributed by atoms with Crippen LogP contribution >= 0.6 is 11.6 Å². The van der Waals surface area contributed by atoms with E-state index in [9.17, 15) is 24.9 Å². The molecule has 1 atom stereocenters. The Balaban J connectivity index is 1.98. The second kappa shape index (κ2) is 10.2. The van der Waals surface area contributed by atoms with Gasteiger partial charge in [0.05, 0.1) is 30.5 Å². The minimum absolute atomic E-state index is 0.0113. The van der Waals surface area contributed by atoms with Crippen LogP contribution in [0.2, 0.25) is 5.02 Å². The Hall–Kier alpha value is -4.17. The molecule has 1 amide bonds. The highest BCUT2D eigenvalue weighted by molar-refractivity contribution is 6.52. The lowest BCUT2D eigenvalue weighted by Gasteiger charge is -2.26. The second-order valence-electron chi connectivity index (χ2n) is 7.92. The third kappa shape index (κ3) is 4.55. The summed E-state index contributed by atoms with van der Waals surface area (Å²) in [6.45, 7) is 4.22. The van der Waals surface area contributed by atoms with Crippen LogP contribution in [0.25, 0.3) is 5.76 Å². The van der Waals surface area contributed by atoms with Crippen molar-refractivity contribution < 1.29 is 34.4 Å². The number of halogens is 1. The average molecular weight is 510 g/mol. The number of rotatable bonds is 7. The van der Waals surface area contributed by atoms with Crippen LogP contribution < -0.4 is 14.4 Å².